The van der Waals surface area contributed by atoms with Gasteiger partial charge in [-0.2, -0.15) is 0 Å². The van der Waals surface area contributed by atoms with Crippen molar-refractivity contribution in [2.75, 3.05) is 16.8 Å². The molecule has 0 aromatic heterocycles. The van der Waals surface area contributed by atoms with Crippen LogP contribution in [0, 0.1) is 17.8 Å². The molecule has 1 fully saturated rings. The lowest BCUT2D eigenvalue weighted by molar-refractivity contribution is -0.122. The summed E-state index contributed by atoms with van der Waals surface area (Å²) in [6.45, 7) is 6.25. The first-order valence-corrected chi connectivity index (χ1v) is 11.5. The molecule has 7 heteroatoms. The maximum absolute atomic E-state index is 12.9. The van der Waals surface area contributed by atoms with Crippen LogP contribution in [0.2, 0.25) is 0 Å². The fourth-order valence-electron chi connectivity index (χ4n) is 4.27. The summed E-state index contributed by atoms with van der Waals surface area (Å²) in [5, 5.41) is 2.78. The molecule has 0 bridgehead atoms. The number of esters is 1. The molecular weight excluding hydrogens is 432 g/mol. The Morgan fingerprint density at radius 2 is 1.59 bits per heavy atom. The molecule has 176 valence electrons. The molecule has 0 radical (unpaired) electrons. The summed E-state index contributed by atoms with van der Waals surface area (Å²) in [4.78, 5) is 51.6. The summed E-state index contributed by atoms with van der Waals surface area (Å²) in [7, 11) is 0. The standard InChI is InChI=1S/C27H28N2O5/c1-16(2)15-34-27(33)19-5-9-20(10-6-19)28-24(30)18-7-11-21(12-8-18)29-25(31)22-13-4-17(3)14-23(22)26(29)32/h4-12,16,22-23H,13-15H2,1-3H3,(H,28,30)/t22-,23-/m0/s1. The molecule has 0 unspecified atom stereocenters. The number of carbonyl (C=O) groups is 4. The van der Waals surface area contributed by atoms with Crippen LogP contribution in [0.25, 0.3) is 0 Å². The highest BCUT2D eigenvalue weighted by Gasteiger charge is 2.48. The zero-order valence-electron chi connectivity index (χ0n) is 19.5. The Hall–Kier alpha value is -3.74. The summed E-state index contributed by atoms with van der Waals surface area (Å²) in [6, 6.07) is 12.9. The van der Waals surface area contributed by atoms with Crippen molar-refractivity contribution in [2.24, 2.45) is 17.8 Å². The van der Waals surface area contributed by atoms with Gasteiger partial charge in [-0.15, -0.1) is 0 Å². The third kappa shape index (κ3) is 4.78. The Morgan fingerprint density at radius 3 is 2.24 bits per heavy atom. The monoisotopic (exact) mass is 460 g/mol. The maximum Gasteiger partial charge on any atom is 0.338 e. The van der Waals surface area contributed by atoms with Crippen molar-refractivity contribution in [1.29, 1.82) is 0 Å². The van der Waals surface area contributed by atoms with Crippen molar-refractivity contribution in [3.05, 3.63) is 71.3 Å². The van der Waals surface area contributed by atoms with Crippen molar-refractivity contribution >= 4 is 35.1 Å². The van der Waals surface area contributed by atoms with E-state index < -0.39 is 5.97 Å². The number of nitrogens with zero attached hydrogens (tertiary/aromatic N) is 1. The summed E-state index contributed by atoms with van der Waals surface area (Å²) in [6.07, 6.45) is 3.23. The number of carbonyl (C=O) groups excluding carboxylic acids is 4. The van der Waals surface area contributed by atoms with Crippen molar-refractivity contribution in [2.45, 2.75) is 33.6 Å². The van der Waals surface area contributed by atoms with Gasteiger partial charge in [0.15, 0.2) is 0 Å². The Bertz CT molecular complexity index is 1150. The number of imide groups is 1. The predicted molar refractivity (Wildman–Crippen MR) is 128 cm³/mol. The van der Waals surface area contributed by atoms with Crippen molar-refractivity contribution in [3.8, 4) is 0 Å². The molecule has 2 atom stereocenters. The number of anilines is 2. The number of amides is 3. The van der Waals surface area contributed by atoms with E-state index >= 15 is 0 Å². The van der Waals surface area contributed by atoms with E-state index in [0.29, 0.717) is 42.0 Å². The first-order chi connectivity index (χ1) is 16.2. The fourth-order valence-corrected chi connectivity index (χ4v) is 4.27. The lowest BCUT2D eigenvalue weighted by Crippen LogP contribution is -2.30. The van der Waals surface area contributed by atoms with Crippen LogP contribution >= 0.6 is 0 Å². The van der Waals surface area contributed by atoms with E-state index in [9.17, 15) is 19.2 Å². The molecule has 3 amide bonds. The average Bonchev–Trinajstić information content (AvgIpc) is 3.07. The highest BCUT2D eigenvalue weighted by molar-refractivity contribution is 6.22. The van der Waals surface area contributed by atoms with Crippen LogP contribution in [0.15, 0.2) is 60.2 Å². The normalized spacial score (nSPS) is 19.6. The topological polar surface area (TPSA) is 92.8 Å². The molecule has 0 saturated carbocycles. The van der Waals surface area contributed by atoms with Gasteiger partial charge in [0.05, 0.1) is 29.7 Å². The smallest absolute Gasteiger partial charge is 0.338 e. The Labute approximate surface area is 198 Å². The molecule has 1 aliphatic heterocycles. The Morgan fingerprint density at radius 1 is 0.971 bits per heavy atom. The Balaban J connectivity index is 1.40. The van der Waals surface area contributed by atoms with E-state index in [4.69, 9.17) is 4.74 Å². The first-order valence-electron chi connectivity index (χ1n) is 11.5. The highest BCUT2D eigenvalue weighted by atomic mass is 16.5. The zero-order valence-corrected chi connectivity index (χ0v) is 19.5. The quantitative estimate of drug-likeness (QED) is 0.386. The number of ether oxygens (including phenoxy) is 1. The highest BCUT2D eigenvalue weighted by Crippen LogP contribution is 2.39. The minimum absolute atomic E-state index is 0.174. The average molecular weight is 461 g/mol. The van der Waals surface area contributed by atoms with Crippen LogP contribution in [0.3, 0.4) is 0 Å². The summed E-state index contributed by atoms with van der Waals surface area (Å²) in [5.74, 6) is -1.44. The van der Waals surface area contributed by atoms with Gasteiger partial charge in [-0.1, -0.05) is 25.5 Å². The van der Waals surface area contributed by atoms with Crippen LogP contribution in [0.1, 0.15) is 54.3 Å². The number of hydrogen-bond donors (Lipinski definition) is 1. The summed E-state index contributed by atoms with van der Waals surface area (Å²) >= 11 is 0. The largest absolute Gasteiger partial charge is 0.462 e. The molecule has 2 aromatic carbocycles. The Kier molecular flexibility index (Phi) is 6.63. The molecule has 1 saturated heterocycles. The molecule has 4 rings (SSSR count). The van der Waals surface area contributed by atoms with Gasteiger partial charge in [0.25, 0.3) is 5.91 Å². The van der Waals surface area contributed by atoms with Gasteiger partial charge in [-0.05, 0) is 74.2 Å². The maximum atomic E-state index is 12.9. The van der Waals surface area contributed by atoms with Crippen LogP contribution < -0.4 is 10.2 Å². The number of hydrogen-bond acceptors (Lipinski definition) is 5. The lowest BCUT2D eigenvalue weighted by Gasteiger charge is -2.18. The second-order valence-corrected chi connectivity index (χ2v) is 9.29. The number of fused-ring (bicyclic) bond motifs is 1. The van der Waals surface area contributed by atoms with Crippen LogP contribution in [-0.2, 0) is 14.3 Å². The van der Waals surface area contributed by atoms with Crippen LogP contribution in [0.4, 0.5) is 11.4 Å². The predicted octanol–water partition coefficient (Wildman–Crippen LogP) is 4.60. The second kappa shape index (κ2) is 9.63. The molecular formula is C27H28N2O5. The van der Waals surface area contributed by atoms with Crippen LogP contribution in [-0.4, -0.2) is 30.3 Å². The third-order valence-electron chi connectivity index (χ3n) is 6.14. The zero-order chi connectivity index (χ0) is 24.4. The molecule has 2 aliphatic rings. The lowest BCUT2D eigenvalue weighted by atomic mass is 9.82. The van der Waals surface area contributed by atoms with Crippen molar-refractivity contribution in [3.63, 3.8) is 0 Å². The molecule has 7 nitrogen and oxygen atoms in total. The molecule has 2 aromatic rings. The van der Waals surface area contributed by atoms with E-state index in [1.54, 1.807) is 48.5 Å². The fraction of sp³-hybridized carbons (Fsp3) is 0.333. The summed E-state index contributed by atoms with van der Waals surface area (Å²) < 4.78 is 5.20. The number of allylic oxidation sites excluding steroid dienone is 2. The molecule has 34 heavy (non-hydrogen) atoms. The molecule has 1 N–H and O–H groups in total. The number of benzene rings is 2. The summed E-state index contributed by atoms with van der Waals surface area (Å²) in [5.41, 5.74) is 2.94. The van der Waals surface area contributed by atoms with E-state index in [1.165, 1.54) is 4.90 Å². The van der Waals surface area contributed by atoms with Gasteiger partial charge in [-0.25, -0.2) is 4.79 Å². The molecule has 1 aliphatic carbocycles. The third-order valence-corrected chi connectivity index (χ3v) is 6.14. The second-order valence-electron chi connectivity index (χ2n) is 9.29. The van der Waals surface area contributed by atoms with Gasteiger partial charge in [0.2, 0.25) is 11.8 Å². The number of nitrogens with one attached hydrogen (secondary N) is 1. The molecule has 0 spiro atoms. The van der Waals surface area contributed by atoms with Crippen LogP contribution in [0.5, 0.6) is 0 Å². The van der Waals surface area contributed by atoms with Gasteiger partial charge in [0.1, 0.15) is 0 Å². The molecule has 1 heterocycles. The number of rotatable bonds is 6. The first kappa shape index (κ1) is 23.4. The minimum atomic E-state index is -0.404. The van der Waals surface area contributed by atoms with E-state index in [1.807, 2.05) is 26.8 Å². The van der Waals surface area contributed by atoms with E-state index in [2.05, 4.69) is 5.32 Å². The minimum Gasteiger partial charge on any atom is -0.462 e. The van der Waals surface area contributed by atoms with E-state index in [0.717, 1.165) is 5.57 Å². The van der Waals surface area contributed by atoms with Gasteiger partial charge < -0.3 is 10.1 Å². The van der Waals surface area contributed by atoms with E-state index in [-0.39, 0.29) is 35.5 Å². The van der Waals surface area contributed by atoms with Gasteiger partial charge in [0, 0.05) is 11.3 Å². The van der Waals surface area contributed by atoms with Gasteiger partial charge >= 0.3 is 5.97 Å². The van der Waals surface area contributed by atoms with Crippen molar-refractivity contribution in [1.82, 2.24) is 0 Å². The van der Waals surface area contributed by atoms with Crippen molar-refractivity contribution < 1.29 is 23.9 Å². The van der Waals surface area contributed by atoms with Gasteiger partial charge in [-0.3, -0.25) is 19.3 Å². The SMILES string of the molecule is CC1=CC[C@@H]2C(=O)N(c3ccc(C(=O)Nc4ccc(C(=O)OCC(C)C)cc4)cc3)C(=O)[C@H]2C1.